The van der Waals surface area contributed by atoms with Crippen LogP contribution in [0.2, 0.25) is 0 Å². The van der Waals surface area contributed by atoms with Crippen molar-refractivity contribution in [2.45, 2.75) is 13.0 Å². The number of amides is 1. The fraction of sp³-hybridized carbons (Fsp3) is 0.407. The molecule has 3 heterocycles. The molecule has 0 aliphatic carbocycles. The Balaban J connectivity index is 1.57. The maximum atomic E-state index is 13.4. The number of rotatable bonds is 7. The summed E-state index contributed by atoms with van der Waals surface area (Å²) in [7, 11) is 0. The minimum atomic E-state index is -0.790. The molecular formula is C27H30N2O7. The number of ketones is 1. The smallest absolute Gasteiger partial charge is 0.295 e. The zero-order chi connectivity index (χ0) is 25.1. The first-order valence-corrected chi connectivity index (χ1v) is 12.3. The molecule has 2 fully saturated rings. The Labute approximate surface area is 209 Å². The van der Waals surface area contributed by atoms with Crippen LogP contribution in [-0.2, 0) is 14.3 Å². The van der Waals surface area contributed by atoms with Gasteiger partial charge in [-0.2, -0.15) is 0 Å². The second-order valence-electron chi connectivity index (χ2n) is 8.78. The number of carbonyl (C=O) groups excluding carboxylic acids is 2. The molecule has 0 radical (unpaired) electrons. The van der Waals surface area contributed by atoms with Crippen LogP contribution < -0.4 is 14.2 Å². The summed E-state index contributed by atoms with van der Waals surface area (Å²) in [6, 6.07) is 11.5. The summed E-state index contributed by atoms with van der Waals surface area (Å²) in [5.74, 6) is 0.00582. The van der Waals surface area contributed by atoms with E-state index in [1.165, 1.54) is 0 Å². The standard InChI is InChI=1S/C27H30N2O7/c1-2-34-20-6-4-3-5-19(20)24-23(25(30)18-7-8-21-22(17-18)36-16-15-35-21)26(31)27(32)29(24)10-9-28-11-13-33-14-12-28/h3-8,17,24,30H,2,9-16H2,1H3. The van der Waals surface area contributed by atoms with Gasteiger partial charge in [0.05, 0.1) is 31.4 Å². The number of ether oxygens (including phenoxy) is 4. The number of morpholine rings is 1. The lowest BCUT2D eigenvalue weighted by atomic mass is 9.94. The Kier molecular flexibility index (Phi) is 7.11. The predicted molar refractivity (Wildman–Crippen MR) is 131 cm³/mol. The van der Waals surface area contributed by atoms with Gasteiger partial charge in [0.15, 0.2) is 11.5 Å². The summed E-state index contributed by atoms with van der Waals surface area (Å²) < 4.78 is 22.5. The molecule has 5 rings (SSSR count). The molecule has 3 aliphatic rings. The van der Waals surface area contributed by atoms with E-state index in [9.17, 15) is 14.7 Å². The molecule has 2 aromatic rings. The normalized spacial score (nSPS) is 21.6. The van der Waals surface area contributed by atoms with E-state index in [2.05, 4.69) is 4.90 Å². The van der Waals surface area contributed by atoms with Crippen LogP contribution in [0.1, 0.15) is 24.1 Å². The van der Waals surface area contributed by atoms with Crippen LogP contribution >= 0.6 is 0 Å². The summed E-state index contributed by atoms with van der Waals surface area (Å²) in [5.41, 5.74) is 1.06. The Morgan fingerprint density at radius 2 is 1.75 bits per heavy atom. The topological polar surface area (TPSA) is 97.8 Å². The summed E-state index contributed by atoms with van der Waals surface area (Å²) in [4.78, 5) is 30.4. The molecular weight excluding hydrogens is 464 g/mol. The third-order valence-corrected chi connectivity index (χ3v) is 6.63. The predicted octanol–water partition coefficient (Wildman–Crippen LogP) is 2.61. The Bertz CT molecular complexity index is 1170. The molecule has 1 amide bonds. The molecule has 2 saturated heterocycles. The van der Waals surface area contributed by atoms with Gasteiger partial charge in [0.2, 0.25) is 0 Å². The average Bonchev–Trinajstić information content (AvgIpc) is 3.17. The van der Waals surface area contributed by atoms with Crippen molar-refractivity contribution in [1.82, 2.24) is 9.80 Å². The Morgan fingerprint density at radius 3 is 2.53 bits per heavy atom. The lowest BCUT2D eigenvalue weighted by molar-refractivity contribution is -0.140. The van der Waals surface area contributed by atoms with Gasteiger partial charge in [0.1, 0.15) is 24.7 Å². The molecule has 0 saturated carbocycles. The number of hydrogen-bond acceptors (Lipinski definition) is 8. The van der Waals surface area contributed by atoms with Gasteiger partial charge in [-0.15, -0.1) is 0 Å². The van der Waals surface area contributed by atoms with E-state index in [-0.39, 0.29) is 11.3 Å². The first-order chi connectivity index (χ1) is 17.6. The molecule has 190 valence electrons. The van der Waals surface area contributed by atoms with Gasteiger partial charge in [-0.25, -0.2) is 0 Å². The highest BCUT2D eigenvalue weighted by Gasteiger charge is 2.47. The van der Waals surface area contributed by atoms with Gasteiger partial charge in [-0.1, -0.05) is 18.2 Å². The van der Waals surface area contributed by atoms with E-state index in [0.717, 1.165) is 13.1 Å². The van der Waals surface area contributed by atoms with Gasteiger partial charge in [0, 0.05) is 37.3 Å². The van der Waals surface area contributed by atoms with Gasteiger partial charge < -0.3 is 29.0 Å². The molecule has 36 heavy (non-hydrogen) atoms. The van der Waals surface area contributed by atoms with Crippen LogP contribution in [0.15, 0.2) is 48.0 Å². The van der Waals surface area contributed by atoms with Crippen molar-refractivity contribution in [2.75, 3.05) is 59.2 Å². The summed E-state index contributed by atoms with van der Waals surface area (Å²) >= 11 is 0. The Hall–Kier alpha value is -3.56. The van der Waals surface area contributed by atoms with Crippen LogP contribution in [-0.4, -0.2) is 85.8 Å². The molecule has 9 heteroatoms. The first kappa shape index (κ1) is 24.1. The SMILES string of the molecule is CCOc1ccccc1C1C(=C(O)c2ccc3c(c2)OCCO3)C(=O)C(=O)N1CCN1CCOCC1. The fourth-order valence-electron chi connectivity index (χ4n) is 4.85. The molecule has 3 aliphatic heterocycles. The second-order valence-corrected chi connectivity index (χ2v) is 8.78. The van der Waals surface area contributed by atoms with Crippen molar-refractivity contribution >= 4 is 17.4 Å². The molecule has 1 unspecified atom stereocenters. The minimum absolute atomic E-state index is 0.0332. The number of Topliss-reactive ketones (excluding diaryl/α,β-unsaturated/α-hetero) is 1. The zero-order valence-electron chi connectivity index (χ0n) is 20.3. The molecule has 0 bridgehead atoms. The van der Waals surface area contributed by atoms with Crippen molar-refractivity contribution < 1.29 is 33.6 Å². The van der Waals surface area contributed by atoms with Crippen molar-refractivity contribution in [2.24, 2.45) is 0 Å². The third kappa shape index (κ3) is 4.64. The monoisotopic (exact) mass is 494 g/mol. The highest BCUT2D eigenvalue weighted by atomic mass is 16.6. The second kappa shape index (κ2) is 10.6. The average molecular weight is 495 g/mol. The molecule has 9 nitrogen and oxygen atoms in total. The van der Waals surface area contributed by atoms with Crippen LogP contribution in [0, 0.1) is 0 Å². The summed E-state index contributed by atoms with van der Waals surface area (Å²) in [5, 5.41) is 11.4. The van der Waals surface area contributed by atoms with Crippen LogP contribution in [0.25, 0.3) is 5.76 Å². The highest BCUT2D eigenvalue weighted by molar-refractivity contribution is 6.46. The number of carbonyl (C=O) groups is 2. The van der Waals surface area contributed by atoms with Crippen LogP contribution in [0.5, 0.6) is 17.2 Å². The number of benzene rings is 2. The number of fused-ring (bicyclic) bond motifs is 1. The molecule has 1 atom stereocenters. The quantitative estimate of drug-likeness (QED) is 0.357. The van der Waals surface area contributed by atoms with E-state index in [4.69, 9.17) is 18.9 Å². The summed E-state index contributed by atoms with van der Waals surface area (Å²) in [6.45, 7) is 6.86. The molecule has 1 N–H and O–H groups in total. The number of aliphatic hydroxyl groups is 1. The van der Waals surface area contributed by atoms with Crippen molar-refractivity contribution in [3.63, 3.8) is 0 Å². The first-order valence-electron chi connectivity index (χ1n) is 12.3. The van der Waals surface area contributed by atoms with Crippen molar-refractivity contribution in [3.05, 3.63) is 59.2 Å². The van der Waals surface area contributed by atoms with Crippen molar-refractivity contribution in [1.29, 1.82) is 0 Å². The molecule has 0 aromatic heterocycles. The zero-order valence-corrected chi connectivity index (χ0v) is 20.3. The lowest BCUT2D eigenvalue weighted by Gasteiger charge is -2.31. The van der Waals surface area contributed by atoms with Crippen molar-refractivity contribution in [3.8, 4) is 17.2 Å². The number of aliphatic hydroxyl groups excluding tert-OH is 1. The maximum absolute atomic E-state index is 13.4. The molecule has 2 aromatic carbocycles. The minimum Gasteiger partial charge on any atom is -0.507 e. The molecule has 0 spiro atoms. The highest BCUT2D eigenvalue weighted by Crippen LogP contribution is 2.43. The van der Waals surface area contributed by atoms with E-state index >= 15 is 0 Å². The number of hydrogen-bond donors (Lipinski definition) is 1. The van der Waals surface area contributed by atoms with E-state index in [1.807, 2.05) is 31.2 Å². The van der Waals surface area contributed by atoms with Gasteiger partial charge in [0.25, 0.3) is 11.7 Å². The van der Waals surface area contributed by atoms with Gasteiger partial charge >= 0.3 is 0 Å². The maximum Gasteiger partial charge on any atom is 0.295 e. The largest absolute Gasteiger partial charge is 0.507 e. The van der Waals surface area contributed by atoms with E-state index in [0.29, 0.717) is 74.5 Å². The van der Waals surface area contributed by atoms with Gasteiger partial charge in [-0.3, -0.25) is 14.5 Å². The lowest BCUT2D eigenvalue weighted by Crippen LogP contribution is -2.42. The third-order valence-electron chi connectivity index (χ3n) is 6.63. The number of para-hydroxylation sites is 1. The van der Waals surface area contributed by atoms with E-state index < -0.39 is 17.7 Å². The van der Waals surface area contributed by atoms with Crippen LogP contribution in [0.3, 0.4) is 0 Å². The van der Waals surface area contributed by atoms with E-state index in [1.54, 1.807) is 23.1 Å². The van der Waals surface area contributed by atoms with Gasteiger partial charge in [-0.05, 0) is 31.2 Å². The van der Waals surface area contributed by atoms with Crippen LogP contribution in [0.4, 0.5) is 0 Å². The Morgan fingerprint density at radius 1 is 1.00 bits per heavy atom. The summed E-state index contributed by atoms with van der Waals surface area (Å²) in [6.07, 6.45) is 0. The number of nitrogens with zero attached hydrogens (tertiary/aromatic N) is 2. The fourth-order valence-corrected chi connectivity index (χ4v) is 4.85. The number of likely N-dealkylation sites (tertiary alicyclic amines) is 1.